The van der Waals surface area contributed by atoms with Crippen LogP contribution in [0.5, 0.6) is 5.75 Å². The Labute approximate surface area is 114 Å². The van der Waals surface area contributed by atoms with Crippen molar-refractivity contribution in [3.63, 3.8) is 0 Å². The predicted octanol–water partition coefficient (Wildman–Crippen LogP) is 2.54. The fraction of sp³-hybridized carbons (Fsp3) is 0.533. The van der Waals surface area contributed by atoms with Crippen LogP contribution < -0.4 is 15.8 Å². The summed E-state index contributed by atoms with van der Waals surface area (Å²) in [5.74, 6) is 0.692. The highest BCUT2D eigenvalue weighted by atomic mass is 16.5. The van der Waals surface area contributed by atoms with Crippen molar-refractivity contribution in [1.29, 1.82) is 0 Å². The van der Waals surface area contributed by atoms with Gasteiger partial charge >= 0.3 is 0 Å². The summed E-state index contributed by atoms with van der Waals surface area (Å²) in [5.41, 5.74) is 6.63. The molecule has 0 heterocycles. The van der Waals surface area contributed by atoms with Crippen molar-refractivity contribution in [2.24, 2.45) is 11.7 Å². The third-order valence-electron chi connectivity index (χ3n) is 3.93. The molecule has 3 N–H and O–H groups in total. The molecule has 0 aliphatic heterocycles. The van der Waals surface area contributed by atoms with Crippen molar-refractivity contribution in [3.8, 4) is 5.75 Å². The van der Waals surface area contributed by atoms with Crippen molar-refractivity contribution in [2.75, 3.05) is 12.4 Å². The summed E-state index contributed by atoms with van der Waals surface area (Å²) >= 11 is 0. The maximum atomic E-state index is 12.3. The lowest BCUT2D eigenvalue weighted by Crippen LogP contribution is -2.51. The zero-order valence-corrected chi connectivity index (χ0v) is 11.6. The lowest BCUT2D eigenvalue weighted by atomic mass is 9.74. The van der Waals surface area contributed by atoms with Gasteiger partial charge in [0.15, 0.2) is 0 Å². The fourth-order valence-corrected chi connectivity index (χ4v) is 2.69. The van der Waals surface area contributed by atoms with E-state index < -0.39 is 5.54 Å². The molecule has 2 atom stereocenters. The summed E-state index contributed by atoms with van der Waals surface area (Å²) in [6, 6.07) is 7.34. The molecule has 4 nitrogen and oxygen atoms in total. The largest absolute Gasteiger partial charge is 0.497 e. The molecule has 0 bridgehead atoms. The molecule has 1 amide bonds. The van der Waals surface area contributed by atoms with Gasteiger partial charge in [-0.2, -0.15) is 0 Å². The number of amides is 1. The summed E-state index contributed by atoms with van der Waals surface area (Å²) in [7, 11) is 1.62. The molecule has 1 aliphatic rings. The van der Waals surface area contributed by atoms with Crippen LogP contribution in [-0.4, -0.2) is 18.6 Å². The predicted molar refractivity (Wildman–Crippen MR) is 76.2 cm³/mol. The highest BCUT2D eigenvalue weighted by molar-refractivity contribution is 5.93. The van der Waals surface area contributed by atoms with Gasteiger partial charge in [0.1, 0.15) is 5.75 Å². The van der Waals surface area contributed by atoms with Crippen molar-refractivity contribution < 1.29 is 9.53 Å². The Morgan fingerprint density at radius 3 is 2.63 bits per heavy atom. The smallest absolute Gasteiger partial charge is 0.229 e. The molecule has 0 spiro atoms. The number of carbonyl (C=O) groups is 1. The van der Waals surface area contributed by atoms with E-state index in [-0.39, 0.29) is 11.8 Å². The van der Waals surface area contributed by atoms with Gasteiger partial charge in [-0.1, -0.05) is 12.8 Å². The van der Waals surface area contributed by atoms with E-state index in [9.17, 15) is 4.79 Å². The normalized spacial score (nSPS) is 26.8. The van der Waals surface area contributed by atoms with E-state index >= 15 is 0 Å². The minimum Gasteiger partial charge on any atom is -0.497 e. The van der Waals surface area contributed by atoms with Crippen LogP contribution in [0.1, 0.15) is 32.6 Å². The van der Waals surface area contributed by atoms with Crippen LogP contribution in [0.4, 0.5) is 5.69 Å². The summed E-state index contributed by atoms with van der Waals surface area (Å²) in [6.07, 6.45) is 3.97. The van der Waals surface area contributed by atoms with E-state index in [1.54, 1.807) is 7.11 Å². The highest BCUT2D eigenvalue weighted by Gasteiger charge is 2.37. The molecule has 0 radical (unpaired) electrons. The first-order valence-electron chi connectivity index (χ1n) is 6.77. The molecule has 1 aromatic carbocycles. The van der Waals surface area contributed by atoms with E-state index in [4.69, 9.17) is 10.5 Å². The van der Waals surface area contributed by atoms with Gasteiger partial charge in [-0.05, 0) is 44.0 Å². The third kappa shape index (κ3) is 3.26. The van der Waals surface area contributed by atoms with Crippen LogP contribution in [0.3, 0.4) is 0 Å². The van der Waals surface area contributed by atoms with Gasteiger partial charge in [0, 0.05) is 11.2 Å². The van der Waals surface area contributed by atoms with Crippen LogP contribution in [0, 0.1) is 5.92 Å². The van der Waals surface area contributed by atoms with E-state index in [1.807, 2.05) is 31.2 Å². The number of benzene rings is 1. The molecule has 0 aromatic heterocycles. The summed E-state index contributed by atoms with van der Waals surface area (Å²) in [4.78, 5) is 12.3. The van der Waals surface area contributed by atoms with E-state index in [0.29, 0.717) is 0 Å². The number of nitrogens with two attached hydrogens (primary N) is 1. The minimum absolute atomic E-state index is 0.0230. The number of rotatable bonds is 3. The monoisotopic (exact) mass is 262 g/mol. The van der Waals surface area contributed by atoms with E-state index in [0.717, 1.165) is 37.1 Å². The number of anilines is 1. The number of carbonyl (C=O) groups excluding carboxylic acids is 1. The molecular weight excluding hydrogens is 240 g/mol. The van der Waals surface area contributed by atoms with Crippen LogP contribution in [0.15, 0.2) is 24.3 Å². The average Bonchev–Trinajstić information content (AvgIpc) is 2.39. The maximum absolute atomic E-state index is 12.3. The van der Waals surface area contributed by atoms with Crippen molar-refractivity contribution >= 4 is 11.6 Å². The van der Waals surface area contributed by atoms with Gasteiger partial charge in [0.05, 0.1) is 13.0 Å². The molecule has 4 heteroatoms. The molecule has 19 heavy (non-hydrogen) atoms. The lowest BCUT2D eigenvalue weighted by Gasteiger charge is -2.37. The Bertz CT molecular complexity index is 440. The van der Waals surface area contributed by atoms with Crippen molar-refractivity contribution in [2.45, 2.75) is 38.1 Å². The number of nitrogens with one attached hydrogen (secondary N) is 1. The first-order valence-corrected chi connectivity index (χ1v) is 6.77. The second kappa shape index (κ2) is 5.61. The van der Waals surface area contributed by atoms with E-state index in [2.05, 4.69) is 5.32 Å². The number of ether oxygens (including phenoxy) is 1. The summed E-state index contributed by atoms with van der Waals surface area (Å²) < 4.78 is 5.09. The molecule has 1 saturated carbocycles. The summed E-state index contributed by atoms with van der Waals surface area (Å²) in [5, 5.41) is 2.94. The van der Waals surface area contributed by atoms with Gasteiger partial charge in [0.2, 0.25) is 5.91 Å². The molecule has 1 aromatic rings. The Morgan fingerprint density at radius 2 is 2.05 bits per heavy atom. The van der Waals surface area contributed by atoms with Gasteiger partial charge in [0.25, 0.3) is 0 Å². The standard InChI is InChI=1S/C15H22N2O2/c1-15(16)10-4-3-5-13(15)14(18)17-11-6-8-12(19-2)9-7-11/h6-9,13H,3-5,10,16H2,1-2H3,(H,17,18). The minimum atomic E-state index is -0.394. The summed E-state index contributed by atoms with van der Waals surface area (Å²) in [6.45, 7) is 1.98. The molecule has 2 unspecified atom stereocenters. The van der Waals surface area contributed by atoms with Gasteiger partial charge in [-0.15, -0.1) is 0 Å². The first kappa shape index (κ1) is 13.9. The number of hydrogen-bond acceptors (Lipinski definition) is 3. The van der Waals surface area contributed by atoms with Crippen LogP contribution in [-0.2, 0) is 4.79 Å². The molecule has 1 fully saturated rings. The zero-order valence-electron chi connectivity index (χ0n) is 11.6. The Hall–Kier alpha value is -1.55. The Kier molecular flexibility index (Phi) is 4.10. The molecule has 1 aliphatic carbocycles. The van der Waals surface area contributed by atoms with Crippen LogP contribution in [0.25, 0.3) is 0 Å². The van der Waals surface area contributed by atoms with Gasteiger partial charge < -0.3 is 15.8 Å². The zero-order chi connectivity index (χ0) is 13.9. The quantitative estimate of drug-likeness (QED) is 0.879. The average molecular weight is 262 g/mol. The molecule has 2 rings (SSSR count). The first-order chi connectivity index (χ1) is 9.03. The number of hydrogen-bond donors (Lipinski definition) is 2. The van der Waals surface area contributed by atoms with Crippen molar-refractivity contribution in [1.82, 2.24) is 0 Å². The third-order valence-corrected chi connectivity index (χ3v) is 3.93. The highest BCUT2D eigenvalue weighted by Crippen LogP contribution is 2.32. The topological polar surface area (TPSA) is 64.3 Å². The second-order valence-corrected chi connectivity index (χ2v) is 5.52. The Balaban J connectivity index is 2.03. The van der Waals surface area contributed by atoms with Crippen LogP contribution >= 0.6 is 0 Å². The Morgan fingerprint density at radius 1 is 1.37 bits per heavy atom. The number of methoxy groups -OCH3 is 1. The molecular formula is C15H22N2O2. The SMILES string of the molecule is COc1ccc(NC(=O)C2CCCCC2(C)N)cc1. The van der Waals surface area contributed by atoms with Crippen molar-refractivity contribution in [3.05, 3.63) is 24.3 Å². The fourth-order valence-electron chi connectivity index (χ4n) is 2.69. The molecule has 104 valence electrons. The van der Waals surface area contributed by atoms with E-state index in [1.165, 1.54) is 0 Å². The second-order valence-electron chi connectivity index (χ2n) is 5.52. The maximum Gasteiger partial charge on any atom is 0.229 e. The van der Waals surface area contributed by atoms with Gasteiger partial charge in [-0.3, -0.25) is 4.79 Å². The van der Waals surface area contributed by atoms with Gasteiger partial charge in [-0.25, -0.2) is 0 Å². The molecule has 0 saturated heterocycles. The van der Waals surface area contributed by atoms with Crippen LogP contribution in [0.2, 0.25) is 0 Å². The lowest BCUT2D eigenvalue weighted by molar-refractivity contribution is -0.122.